The number of benzene rings is 1. The van der Waals surface area contributed by atoms with E-state index in [2.05, 4.69) is 5.32 Å². The Kier molecular flexibility index (Phi) is 6.87. The lowest BCUT2D eigenvalue weighted by molar-refractivity contribution is -0.167. The number of hydrogen-bond acceptors (Lipinski definition) is 4. The van der Waals surface area contributed by atoms with Crippen molar-refractivity contribution >= 4 is 23.5 Å². The molecule has 1 aromatic rings. The Bertz CT molecular complexity index is 730. The van der Waals surface area contributed by atoms with Gasteiger partial charge in [-0.2, -0.15) is 13.2 Å². The molecule has 9 heteroatoms. The number of alkyl carbamates (subject to hydrolysis) is 1. The lowest BCUT2D eigenvalue weighted by atomic mass is 9.82. The standard InChI is InChI=1S/C19H25F3N2O4/c1-17(2,3)14(24-16(27)28-18(4,5)6)13(25)11-7-9-12(10-8-11)23-15(26)19(20,21)22/h7-10,14H,1-6H3,(H,23,26)(H,24,27)/t14-/m1/s1. The smallest absolute Gasteiger partial charge is 0.444 e. The van der Waals surface area contributed by atoms with E-state index in [1.807, 2.05) is 0 Å². The summed E-state index contributed by atoms with van der Waals surface area (Å²) in [5.74, 6) is -2.54. The zero-order valence-corrected chi connectivity index (χ0v) is 16.7. The van der Waals surface area contributed by atoms with Crippen molar-refractivity contribution in [3.63, 3.8) is 0 Å². The highest BCUT2D eigenvalue weighted by molar-refractivity contribution is 6.02. The highest BCUT2D eigenvalue weighted by atomic mass is 19.4. The summed E-state index contributed by atoms with van der Waals surface area (Å²) in [6, 6.07) is 4.00. The van der Waals surface area contributed by atoms with Crippen molar-refractivity contribution in [1.82, 2.24) is 5.32 Å². The molecule has 1 aromatic carbocycles. The number of amides is 2. The fourth-order valence-electron chi connectivity index (χ4n) is 2.19. The number of nitrogens with one attached hydrogen (secondary N) is 2. The van der Waals surface area contributed by atoms with E-state index in [0.29, 0.717) is 0 Å². The van der Waals surface area contributed by atoms with Crippen LogP contribution in [0.4, 0.5) is 23.7 Å². The normalized spacial score (nSPS) is 13.5. The molecule has 0 aliphatic carbocycles. The van der Waals surface area contributed by atoms with Gasteiger partial charge in [-0.25, -0.2) is 4.79 Å². The van der Waals surface area contributed by atoms with Gasteiger partial charge in [0.05, 0.1) is 0 Å². The Hall–Kier alpha value is -2.58. The topological polar surface area (TPSA) is 84.5 Å². The quantitative estimate of drug-likeness (QED) is 0.735. The first-order chi connectivity index (χ1) is 12.5. The second kappa shape index (κ2) is 8.20. The van der Waals surface area contributed by atoms with E-state index in [0.717, 1.165) is 0 Å². The number of anilines is 1. The van der Waals surface area contributed by atoms with Crippen LogP contribution in [0.25, 0.3) is 0 Å². The molecule has 1 atom stereocenters. The molecule has 0 saturated carbocycles. The van der Waals surface area contributed by atoms with Gasteiger partial charge in [-0.05, 0) is 50.5 Å². The van der Waals surface area contributed by atoms with Gasteiger partial charge in [0, 0.05) is 11.3 Å². The first-order valence-electron chi connectivity index (χ1n) is 8.52. The van der Waals surface area contributed by atoms with E-state index in [1.165, 1.54) is 24.3 Å². The maximum Gasteiger partial charge on any atom is 0.471 e. The van der Waals surface area contributed by atoms with Crippen LogP contribution in [0.2, 0.25) is 0 Å². The van der Waals surface area contributed by atoms with E-state index in [-0.39, 0.29) is 11.3 Å². The molecule has 28 heavy (non-hydrogen) atoms. The zero-order valence-electron chi connectivity index (χ0n) is 16.7. The van der Waals surface area contributed by atoms with Crippen LogP contribution in [0.3, 0.4) is 0 Å². The first kappa shape index (κ1) is 23.5. The molecule has 0 heterocycles. The van der Waals surface area contributed by atoms with Gasteiger partial charge in [0.2, 0.25) is 0 Å². The van der Waals surface area contributed by atoms with Crippen LogP contribution in [-0.2, 0) is 9.53 Å². The highest BCUT2D eigenvalue weighted by Gasteiger charge is 2.39. The molecule has 6 nitrogen and oxygen atoms in total. The van der Waals surface area contributed by atoms with E-state index >= 15 is 0 Å². The van der Waals surface area contributed by atoms with Crippen molar-refractivity contribution in [2.24, 2.45) is 5.41 Å². The maximum absolute atomic E-state index is 12.8. The summed E-state index contributed by atoms with van der Waals surface area (Å²) in [7, 11) is 0. The minimum absolute atomic E-state index is 0.105. The molecule has 0 unspecified atom stereocenters. The van der Waals surface area contributed by atoms with Crippen molar-refractivity contribution in [2.45, 2.75) is 59.4 Å². The lowest BCUT2D eigenvalue weighted by Gasteiger charge is -2.31. The summed E-state index contributed by atoms with van der Waals surface area (Å²) >= 11 is 0. The van der Waals surface area contributed by atoms with E-state index < -0.39 is 41.0 Å². The summed E-state index contributed by atoms with van der Waals surface area (Å²) in [5, 5.41) is 4.25. The number of rotatable bonds is 4. The van der Waals surface area contributed by atoms with Crippen LogP contribution in [-0.4, -0.2) is 35.6 Å². The number of carbonyl (C=O) groups excluding carboxylic acids is 3. The van der Waals surface area contributed by atoms with Crippen LogP contribution in [0, 0.1) is 5.41 Å². The van der Waals surface area contributed by atoms with Gasteiger partial charge in [0.15, 0.2) is 5.78 Å². The third-order valence-corrected chi connectivity index (χ3v) is 3.47. The number of hydrogen-bond donors (Lipinski definition) is 2. The second-order valence-corrected chi connectivity index (χ2v) is 8.34. The lowest BCUT2D eigenvalue weighted by Crippen LogP contribution is -2.50. The highest BCUT2D eigenvalue weighted by Crippen LogP contribution is 2.25. The molecule has 156 valence electrons. The van der Waals surface area contributed by atoms with Crippen molar-refractivity contribution in [3.05, 3.63) is 29.8 Å². The molecule has 0 radical (unpaired) electrons. The molecular formula is C19H25F3N2O4. The Balaban J connectivity index is 2.98. The summed E-state index contributed by atoms with van der Waals surface area (Å²) in [4.78, 5) is 35.9. The molecular weight excluding hydrogens is 377 g/mol. The van der Waals surface area contributed by atoms with Gasteiger partial charge < -0.3 is 15.4 Å². The number of ketones is 1. The Morgan fingerprint density at radius 1 is 0.929 bits per heavy atom. The van der Waals surface area contributed by atoms with Gasteiger partial charge in [0.1, 0.15) is 11.6 Å². The fraction of sp³-hybridized carbons (Fsp3) is 0.526. The molecule has 2 N–H and O–H groups in total. The predicted molar refractivity (Wildman–Crippen MR) is 98.1 cm³/mol. The predicted octanol–water partition coefficient (Wildman–Crippen LogP) is 4.31. The molecule has 0 spiro atoms. The van der Waals surface area contributed by atoms with Crippen LogP contribution >= 0.6 is 0 Å². The average molecular weight is 402 g/mol. The molecule has 2 amide bonds. The molecule has 0 fully saturated rings. The Morgan fingerprint density at radius 3 is 1.82 bits per heavy atom. The van der Waals surface area contributed by atoms with Gasteiger partial charge in [-0.1, -0.05) is 20.8 Å². The van der Waals surface area contributed by atoms with Gasteiger partial charge in [-0.3, -0.25) is 9.59 Å². The van der Waals surface area contributed by atoms with Crippen LogP contribution in [0.1, 0.15) is 51.9 Å². The van der Waals surface area contributed by atoms with Gasteiger partial charge in [0.25, 0.3) is 0 Å². The monoisotopic (exact) mass is 402 g/mol. The number of alkyl halides is 3. The zero-order chi connectivity index (χ0) is 21.9. The Morgan fingerprint density at radius 2 is 1.43 bits per heavy atom. The van der Waals surface area contributed by atoms with Crippen LogP contribution in [0.15, 0.2) is 24.3 Å². The maximum atomic E-state index is 12.8. The van der Waals surface area contributed by atoms with Gasteiger partial charge >= 0.3 is 18.2 Å². The van der Waals surface area contributed by atoms with Crippen molar-refractivity contribution in [3.8, 4) is 0 Å². The summed E-state index contributed by atoms with van der Waals surface area (Å²) < 4.78 is 42.1. The number of carbonyl (C=O) groups is 3. The Labute approximate surface area is 161 Å². The van der Waals surface area contributed by atoms with Crippen LogP contribution < -0.4 is 10.6 Å². The number of ether oxygens (including phenoxy) is 1. The second-order valence-electron chi connectivity index (χ2n) is 8.34. The van der Waals surface area contributed by atoms with E-state index in [4.69, 9.17) is 4.74 Å². The van der Waals surface area contributed by atoms with Gasteiger partial charge in [-0.15, -0.1) is 0 Å². The molecule has 0 bridgehead atoms. The minimum atomic E-state index is -5.01. The number of halogens is 3. The molecule has 0 aromatic heterocycles. The molecule has 1 rings (SSSR count). The third kappa shape index (κ3) is 7.21. The van der Waals surface area contributed by atoms with Crippen LogP contribution in [0.5, 0.6) is 0 Å². The summed E-state index contributed by atoms with van der Waals surface area (Å²) in [6.45, 7) is 10.3. The SMILES string of the molecule is CC(C)(C)OC(=O)N[C@H](C(=O)c1ccc(NC(=O)C(F)(F)F)cc1)C(C)(C)C. The minimum Gasteiger partial charge on any atom is -0.444 e. The summed E-state index contributed by atoms with van der Waals surface area (Å²) in [5.41, 5.74) is -1.34. The first-order valence-corrected chi connectivity index (χ1v) is 8.52. The van der Waals surface area contributed by atoms with Crippen molar-refractivity contribution < 1.29 is 32.3 Å². The molecule has 0 aliphatic heterocycles. The average Bonchev–Trinajstić information content (AvgIpc) is 2.49. The summed E-state index contributed by atoms with van der Waals surface area (Å²) in [6.07, 6.45) is -5.77. The van der Waals surface area contributed by atoms with E-state index in [1.54, 1.807) is 46.9 Å². The third-order valence-electron chi connectivity index (χ3n) is 3.47. The molecule has 0 aliphatic rings. The van der Waals surface area contributed by atoms with Crippen molar-refractivity contribution in [1.29, 1.82) is 0 Å². The largest absolute Gasteiger partial charge is 0.471 e. The van der Waals surface area contributed by atoms with Crippen molar-refractivity contribution in [2.75, 3.05) is 5.32 Å². The number of Topliss-reactive ketones (excluding diaryl/α,β-unsaturated/α-hetero) is 1. The fourth-order valence-corrected chi connectivity index (χ4v) is 2.19. The molecule has 0 saturated heterocycles. The van der Waals surface area contributed by atoms with E-state index in [9.17, 15) is 27.6 Å².